The first kappa shape index (κ1) is 16.4. The third kappa shape index (κ3) is 4.27. The van der Waals surface area contributed by atoms with Gasteiger partial charge in [0.25, 0.3) is 0 Å². The summed E-state index contributed by atoms with van der Waals surface area (Å²) in [5.74, 6) is 0.763. The van der Waals surface area contributed by atoms with Gasteiger partial charge in [0, 0.05) is 17.2 Å². The summed E-state index contributed by atoms with van der Waals surface area (Å²) in [7, 11) is 1.64. The van der Waals surface area contributed by atoms with Gasteiger partial charge < -0.3 is 9.47 Å². The van der Waals surface area contributed by atoms with Gasteiger partial charge in [-0.15, -0.1) is 11.6 Å². The van der Waals surface area contributed by atoms with E-state index in [1.165, 1.54) is 12.8 Å². The lowest BCUT2D eigenvalue weighted by molar-refractivity contribution is 0.00998. The zero-order valence-corrected chi connectivity index (χ0v) is 14.6. The van der Waals surface area contributed by atoms with Crippen LogP contribution in [-0.2, 0) is 4.74 Å². The summed E-state index contributed by atoms with van der Waals surface area (Å²) in [6.07, 6.45) is 5.75. The summed E-state index contributed by atoms with van der Waals surface area (Å²) in [4.78, 5) is 0. The highest BCUT2D eigenvalue weighted by molar-refractivity contribution is 9.10. The molecule has 0 saturated carbocycles. The van der Waals surface area contributed by atoms with E-state index in [-0.39, 0.29) is 5.38 Å². The third-order valence-electron chi connectivity index (χ3n) is 3.59. The van der Waals surface area contributed by atoms with Crippen LogP contribution >= 0.6 is 39.1 Å². The molecule has 1 fully saturated rings. The first-order chi connectivity index (χ1) is 9.61. The van der Waals surface area contributed by atoms with Crippen LogP contribution in [0.5, 0.6) is 5.75 Å². The van der Waals surface area contributed by atoms with Crippen LogP contribution in [0.15, 0.2) is 16.6 Å². The Morgan fingerprint density at radius 3 is 2.90 bits per heavy atom. The molecule has 1 saturated heterocycles. The fourth-order valence-electron chi connectivity index (χ4n) is 2.55. The van der Waals surface area contributed by atoms with Gasteiger partial charge in [0.05, 0.1) is 23.1 Å². The molecular formula is C15H19BrCl2O2. The largest absolute Gasteiger partial charge is 0.495 e. The summed E-state index contributed by atoms with van der Waals surface area (Å²) in [5.41, 5.74) is 0.935. The predicted octanol–water partition coefficient (Wildman–Crippen LogP) is 5.74. The SMILES string of the molecule is COc1c(Br)cc(Cl)cc1C(Cl)CCC1CCCCO1. The number of alkyl halides is 1. The van der Waals surface area contributed by atoms with Gasteiger partial charge in [-0.3, -0.25) is 0 Å². The molecule has 0 N–H and O–H groups in total. The average molecular weight is 382 g/mol. The van der Waals surface area contributed by atoms with Gasteiger partial charge in [-0.25, -0.2) is 0 Å². The summed E-state index contributed by atoms with van der Waals surface area (Å²) < 4.78 is 12.0. The van der Waals surface area contributed by atoms with Gasteiger partial charge in [-0.2, -0.15) is 0 Å². The second-order valence-corrected chi connectivity index (χ2v) is 6.86. The fraction of sp³-hybridized carbons (Fsp3) is 0.600. The lowest BCUT2D eigenvalue weighted by Crippen LogP contribution is -2.19. The highest BCUT2D eigenvalue weighted by atomic mass is 79.9. The quantitative estimate of drug-likeness (QED) is 0.605. The molecule has 112 valence electrons. The molecule has 2 atom stereocenters. The Hall–Kier alpha value is 0.0400. The Morgan fingerprint density at radius 1 is 1.45 bits per heavy atom. The molecule has 1 aromatic carbocycles. The Bertz CT molecular complexity index is 448. The first-order valence-electron chi connectivity index (χ1n) is 6.90. The van der Waals surface area contributed by atoms with E-state index in [0.29, 0.717) is 11.1 Å². The molecule has 1 heterocycles. The van der Waals surface area contributed by atoms with E-state index in [2.05, 4.69) is 15.9 Å². The average Bonchev–Trinajstić information content (AvgIpc) is 2.45. The van der Waals surface area contributed by atoms with Crippen LogP contribution in [0, 0.1) is 0 Å². The van der Waals surface area contributed by atoms with Crippen LogP contribution in [0.3, 0.4) is 0 Å². The molecule has 0 radical (unpaired) electrons. The highest BCUT2D eigenvalue weighted by Crippen LogP contribution is 2.40. The monoisotopic (exact) mass is 380 g/mol. The Morgan fingerprint density at radius 2 is 2.25 bits per heavy atom. The van der Waals surface area contributed by atoms with Crippen LogP contribution in [0.25, 0.3) is 0 Å². The van der Waals surface area contributed by atoms with E-state index in [1.807, 2.05) is 12.1 Å². The van der Waals surface area contributed by atoms with Gasteiger partial charge in [-0.05, 0) is 60.2 Å². The minimum Gasteiger partial charge on any atom is -0.495 e. The Kier molecular flexibility index (Phi) is 6.47. The maximum Gasteiger partial charge on any atom is 0.137 e. The number of ether oxygens (including phenoxy) is 2. The van der Waals surface area contributed by atoms with E-state index >= 15 is 0 Å². The van der Waals surface area contributed by atoms with Gasteiger partial charge in [0.1, 0.15) is 5.75 Å². The summed E-state index contributed by atoms with van der Waals surface area (Å²) >= 11 is 16.1. The van der Waals surface area contributed by atoms with E-state index < -0.39 is 0 Å². The topological polar surface area (TPSA) is 18.5 Å². The van der Waals surface area contributed by atoms with Gasteiger partial charge in [0.15, 0.2) is 0 Å². The second kappa shape index (κ2) is 7.88. The smallest absolute Gasteiger partial charge is 0.137 e. The highest BCUT2D eigenvalue weighted by Gasteiger charge is 2.20. The van der Waals surface area contributed by atoms with Crippen molar-refractivity contribution in [2.24, 2.45) is 0 Å². The fourth-order valence-corrected chi connectivity index (χ4v) is 3.84. The molecule has 0 amide bonds. The van der Waals surface area contributed by atoms with E-state index in [9.17, 15) is 0 Å². The summed E-state index contributed by atoms with van der Waals surface area (Å²) in [5, 5.41) is 0.540. The normalized spacial score (nSPS) is 20.7. The van der Waals surface area contributed by atoms with Crippen molar-refractivity contribution < 1.29 is 9.47 Å². The van der Waals surface area contributed by atoms with Crippen molar-refractivity contribution in [3.8, 4) is 5.75 Å². The maximum absolute atomic E-state index is 6.54. The van der Waals surface area contributed by atoms with Crippen LogP contribution in [0.1, 0.15) is 43.0 Å². The Balaban J connectivity index is 2.02. The minimum atomic E-state index is -0.120. The van der Waals surface area contributed by atoms with Crippen LogP contribution in [0.4, 0.5) is 0 Å². The standard InChI is InChI=1S/C15H19BrCl2O2/c1-19-15-12(8-10(17)9-13(15)16)14(18)6-5-11-4-2-3-7-20-11/h8-9,11,14H,2-7H2,1H3. The van der Waals surface area contributed by atoms with Crippen molar-refractivity contribution in [1.29, 1.82) is 0 Å². The lowest BCUT2D eigenvalue weighted by atomic mass is 10.0. The lowest BCUT2D eigenvalue weighted by Gasteiger charge is -2.24. The molecule has 1 aliphatic rings. The molecule has 0 spiro atoms. The molecule has 2 rings (SSSR count). The van der Waals surface area contributed by atoms with Crippen LogP contribution in [-0.4, -0.2) is 19.8 Å². The second-order valence-electron chi connectivity index (χ2n) is 5.04. The maximum atomic E-state index is 6.54. The van der Waals surface area contributed by atoms with Crippen molar-refractivity contribution in [2.75, 3.05) is 13.7 Å². The van der Waals surface area contributed by atoms with Crippen molar-refractivity contribution in [2.45, 2.75) is 43.6 Å². The molecular weight excluding hydrogens is 363 g/mol. The van der Waals surface area contributed by atoms with E-state index in [4.69, 9.17) is 32.7 Å². The zero-order chi connectivity index (χ0) is 14.5. The van der Waals surface area contributed by atoms with Crippen molar-refractivity contribution in [3.63, 3.8) is 0 Å². The third-order valence-corrected chi connectivity index (χ3v) is 4.86. The zero-order valence-electron chi connectivity index (χ0n) is 11.5. The summed E-state index contributed by atoms with van der Waals surface area (Å²) in [6, 6.07) is 3.70. The molecule has 0 aromatic heterocycles. The van der Waals surface area contributed by atoms with Crippen molar-refractivity contribution >= 4 is 39.1 Å². The molecule has 1 aliphatic heterocycles. The number of hydrogen-bond donors (Lipinski definition) is 0. The van der Waals surface area contributed by atoms with Crippen LogP contribution < -0.4 is 4.74 Å². The number of hydrogen-bond acceptors (Lipinski definition) is 2. The molecule has 1 aromatic rings. The molecule has 0 aliphatic carbocycles. The first-order valence-corrected chi connectivity index (χ1v) is 8.51. The van der Waals surface area contributed by atoms with E-state index in [0.717, 1.165) is 41.7 Å². The molecule has 5 heteroatoms. The molecule has 2 nitrogen and oxygen atoms in total. The van der Waals surface area contributed by atoms with Gasteiger partial charge >= 0.3 is 0 Å². The Labute approximate surface area is 138 Å². The number of benzene rings is 1. The molecule has 20 heavy (non-hydrogen) atoms. The summed E-state index contributed by atoms with van der Waals surface area (Å²) in [6.45, 7) is 0.879. The minimum absolute atomic E-state index is 0.120. The number of halogens is 3. The molecule has 2 unspecified atom stereocenters. The van der Waals surface area contributed by atoms with E-state index in [1.54, 1.807) is 7.11 Å². The van der Waals surface area contributed by atoms with Crippen LogP contribution in [0.2, 0.25) is 5.02 Å². The number of methoxy groups -OCH3 is 1. The predicted molar refractivity (Wildman–Crippen MR) is 87.1 cm³/mol. The van der Waals surface area contributed by atoms with Gasteiger partial charge in [-0.1, -0.05) is 11.6 Å². The number of rotatable bonds is 5. The van der Waals surface area contributed by atoms with Gasteiger partial charge in [0.2, 0.25) is 0 Å². The molecule has 0 bridgehead atoms. The van der Waals surface area contributed by atoms with Crippen molar-refractivity contribution in [1.82, 2.24) is 0 Å². The van der Waals surface area contributed by atoms with Crippen molar-refractivity contribution in [3.05, 3.63) is 27.2 Å².